The molecular weight excluding hydrogens is 418 g/mol. The van der Waals surface area contributed by atoms with Crippen LogP contribution in [-0.2, 0) is 11.4 Å². The molecule has 4 rings (SSSR count). The second-order valence-electron chi connectivity index (χ2n) is 7.40. The third kappa shape index (κ3) is 3.87. The maximum Gasteiger partial charge on any atom is 0.410 e. The zero-order valence-electron chi connectivity index (χ0n) is 17.3. The van der Waals surface area contributed by atoms with Crippen molar-refractivity contribution < 1.29 is 24.3 Å². The summed E-state index contributed by atoms with van der Waals surface area (Å²) in [5.74, 6) is -0.299. The monoisotopic (exact) mass is 441 g/mol. The van der Waals surface area contributed by atoms with Gasteiger partial charge in [-0.15, -0.1) is 0 Å². The third-order valence-corrected chi connectivity index (χ3v) is 5.36. The van der Waals surface area contributed by atoms with E-state index in [0.717, 1.165) is 5.56 Å². The van der Waals surface area contributed by atoms with Crippen molar-refractivity contribution in [2.24, 2.45) is 0 Å². The van der Waals surface area contributed by atoms with E-state index in [0.29, 0.717) is 17.8 Å². The minimum absolute atomic E-state index is 0.130. The number of benzene rings is 1. The fourth-order valence-corrected chi connectivity index (χ4v) is 4.02. The van der Waals surface area contributed by atoms with Crippen LogP contribution in [0.2, 0.25) is 0 Å². The molecule has 2 aromatic rings. The standard InChI is InChI=1S/C20H23N7O5/c1-2-22-18(28)26-17-13(9-23-26)15-10-25(14(17)8-16(21)24-19(29)30)20(31)27(15)32-11-12-6-4-3-5-7-12/h3-7,9,14-15H,2,8,10-11H2,1H3,(H2,21,24)(H,22,28)(H,29,30). The smallest absolute Gasteiger partial charge is 0.410 e. The molecule has 0 radical (unpaired) electrons. The summed E-state index contributed by atoms with van der Waals surface area (Å²) in [7, 11) is 0. The number of hydrogen-bond donors (Lipinski definition) is 4. The normalized spacial score (nSPS) is 19.0. The molecule has 1 fully saturated rings. The number of nitrogens with zero attached hydrogens (tertiary/aromatic N) is 4. The molecule has 1 saturated heterocycles. The van der Waals surface area contributed by atoms with Gasteiger partial charge < -0.3 is 15.3 Å². The van der Waals surface area contributed by atoms with Crippen LogP contribution in [0.1, 0.15) is 42.2 Å². The molecule has 168 valence electrons. The molecule has 2 unspecified atom stereocenters. The van der Waals surface area contributed by atoms with Crippen LogP contribution in [0, 0.1) is 5.41 Å². The van der Waals surface area contributed by atoms with Gasteiger partial charge in [0, 0.05) is 18.5 Å². The molecule has 12 nitrogen and oxygen atoms in total. The van der Waals surface area contributed by atoms with Gasteiger partial charge in [0.1, 0.15) is 18.5 Å². The number of amides is 4. The Labute approximate surface area is 183 Å². The first-order valence-corrected chi connectivity index (χ1v) is 10.1. The summed E-state index contributed by atoms with van der Waals surface area (Å²) in [6.45, 7) is 2.60. The summed E-state index contributed by atoms with van der Waals surface area (Å²) in [5, 5.41) is 27.1. The van der Waals surface area contributed by atoms with Gasteiger partial charge >= 0.3 is 18.2 Å². The molecule has 2 bridgehead atoms. The molecule has 4 amide bonds. The number of carbonyl (C=O) groups is 3. The van der Waals surface area contributed by atoms with Crippen LogP contribution >= 0.6 is 0 Å². The maximum absolute atomic E-state index is 13.2. The van der Waals surface area contributed by atoms with E-state index in [1.807, 2.05) is 35.6 Å². The minimum Gasteiger partial charge on any atom is -0.465 e. The number of fused-ring (bicyclic) bond motifs is 4. The summed E-state index contributed by atoms with van der Waals surface area (Å²) >= 11 is 0. The molecule has 2 aliphatic rings. The molecular formula is C20H23N7O5. The summed E-state index contributed by atoms with van der Waals surface area (Å²) in [6.07, 6.45) is 0.0162. The zero-order valence-corrected chi connectivity index (χ0v) is 17.3. The second kappa shape index (κ2) is 8.67. The predicted octanol–water partition coefficient (Wildman–Crippen LogP) is 2.06. The van der Waals surface area contributed by atoms with Crippen LogP contribution < -0.4 is 10.6 Å². The lowest BCUT2D eigenvalue weighted by Gasteiger charge is -2.31. The lowest BCUT2D eigenvalue weighted by molar-refractivity contribution is -0.141. The molecule has 0 aliphatic carbocycles. The highest BCUT2D eigenvalue weighted by atomic mass is 16.7. The van der Waals surface area contributed by atoms with Crippen molar-refractivity contribution in [3.05, 3.63) is 53.3 Å². The fourth-order valence-electron chi connectivity index (χ4n) is 4.02. The Morgan fingerprint density at radius 1 is 1.31 bits per heavy atom. The van der Waals surface area contributed by atoms with E-state index in [-0.39, 0.29) is 25.4 Å². The van der Waals surface area contributed by atoms with Crippen LogP contribution in [0.15, 0.2) is 36.5 Å². The lowest BCUT2D eigenvalue weighted by atomic mass is 9.95. The van der Waals surface area contributed by atoms with E-state index >= 15 is 0 Å². The molecule has 2 aliphatic heterocycles. The quantitative estimate of drug-likeness (QED) is 0.398. The molecule has 0 saturated carbocycles. The van der Waals surface area contributed by atoms with Crippen LogP contribution in [0.4, 0.5) is 14.4 Å². The van der Waals surface area contributed by atoms with Gasteiger partial charge in [0.2, 0.25) is 0 Å². The number of amidine groups is 1. The lowest BCUT2D eigenvalue weighted by Crippen LogP contribution is -2.41. The van der Waals surface area contributed by atoms with Gasteiger partial charge in [-0.2, -0.15) is 14.8 Å². The zero-order chi connectivity index (χ0) is 22.8. The highest BCUT2D eigenvalue weighted by molar-refractivity contribution is 5.93. The molecule has 0 spiro atoms. The SMILES string of the molecule is CCNC(=O)n1ncc2c1C(CC(=N)NC(=O)O)N1CC2N(OCc2ccccc2)C1=O. The first kappa shape index (κ1) is 21.3. The van der Waals surface area contributed by atoms with Crippen molar-refractivity contribution in [3.63, 3.8) is 0 Å². The number of carboxylic acid groups (broad SMARTS) is 1. The van der Waals surface area contributed by atoms with Gasteiger partial charge in [-0.1, -0.05) is 30.3 Å². The van der Waals surface area contributed by atoms with Gasteiger partial charge in [-0.05, 0) is 12.5 Å². The Morgan fingerprint density at radius 2 is 2.06 bits per heavy atom. The van der Waals surface area contributed by atoms with E-state index in [2.05, 4.69) is 10.4 Å². The largest absolute Gasteiger partial charge is 0.465 e. The Bertz CT molecular complexity index is 1050. The number of urea groups is 1. The maximum atomic E-state index is 13.2. The van der Waals surface area contributed by atoms with Gasteiger partial charge in [-0.25, -0.2) is 14.4 Å². The number of aromatic nitrogens is 2. The van der Waals surface area contributed by atoms with Gasteiger partial charge in [0.05, 0.1) is 24.5 Å². The van der Waals surface area contributed by atoms with Gasteiger partial charge in [0.15, 0.2) is 0 Å². The number of nitrogens with one attached hydrogen (secondary N) is 3. The number of hydrogen-bond acceptors (Lipinski definition) is 6. The highest BCUT2D eigenvalue weighted by Crippen LogP contribution is 2.45. The first-order chi connectivity index (χ1) is 15.4. The van der Waals surface area contributed by atoms with Crippen LogP contribution in [0.5, 0.6) is 0 Å². The van der Waals surface area contributed by atoms with Crippen molar-refractivity contribution >= 4 is 24.0 Å². The molecule has 3 heterocycles. The van der Waals surface area contributed by atoms with E-state index < -0.39 is 30.2 Å². The number of carbonyl (C=O) groups excluding carboxylic acids is 2. The van der Waals surface area contributed by atoms with E-state index in [1.165, 1.54) is 20.8 Å². The molecule has 2 atom stereocenters. The molecule has 32 heavy (non-hydrogen) atoms. The van der Waals surface area contributed by atoms with Crippen molar-refractivity contribution in [1.82, 2.24) is 30.4 Å². The Kier molecular flexibility index (Phi) is 5.77. The average molecular weight is 441 g/mol. The topological polar surface area (TPSA) is 153 Å². The van der Waals surface area contributed by atoms with Crippen LogP contribution in [0.3, 0.4) is 0 Å². The van der Waals surface area contributed by atoms with E-state index in [1.54, 1.807) is 6.92 Å². The molecule has 1 aromatic heterocycles. The molecule has 1 aromatic carbocycles. The second-order valence-corrected chi connectivity index (χ2v) is 7.40. The summed E-state index contributed by atoms with van der Waals surface area (Å²) in [6, 6.07) is 7.26. The van der Waals surface area contributed by atoms with E-state index in [9.17, 15) is 14.4 Å². The fraction of sp³-hybridized carbons (Fsp3) is 0.350. The molecule has 12 heteroatoms. The summed E-state index contributed by atoms with van der Waals surface area (Å²) in [4.78, 5) is 44.0. The number of hydroxylamine groups is 2. The Hall–Kier alpha value is -3.93. The van der Waals surface area contributed by atoms with Crippen molar-refractivity contribution in [2.45, 2.75) is 32.0 Å². The Balaban J connectivity index is 1.66. The van der Waals surface area contributed by atoms with E-state index in [4.69, 9.17) is 15.4 Å². The highest BCUT2D eigenvalue weighted by Gasteiger charge is 2.51. The van der Waals surface area contributed by atoms with Gasteiger partial charge in [-0.3, -0.25) is 15.6 Å². The number of rotatable bonds is 6. The van der Waals surface area contributed by atoms with Crippen LogP contribution in [-0.4, -0.2) is 61.9 Å². The summed E-state index contributed by atoms with van der Waals surface area (Å²) < 4.78 is 1.17. The molecule has 4 N–H and O–H groups in total. The van der Waals surface area contributed by atoms with Crippen molar-refractivity contribution in [2.75, 3.05) is 13.1 Å². The van der Waals surface area contributed by atoms with Gasteiger partial charge in [0.25, 0.3) is 0 Å². The third-order valence-electron chi connectivity index (χ3n) is 5.36. The minimum atomic E-state index is -1.37. The first-order valence-electron chi connectivity index (χ1n) is 10.1. The van der Waals surface area contributed by atoms with Crippen molar-refractivity contribution in [1.29, 1.82) is 5.41 Å². The van der Waals surface area contributed by atoms with Crippen LogP contribution in [0.25, 0.3) is 0 Å². The summed E-state index contributed by atoms with van der Waals surface area (Å²) in [5.41, 5.74) is 1.95. The van der Waals surface area contributed by atoms with Crippen molar-refractivity contribution in [3.8, 4) is 0 Å². The Morgan fingerprint density at radius 3 is 2.75 bits per heavy atom. The predicted molar refractivity (Wildman–Crippen MR) is 111 cm³/mol. The average Bonchev–Trinajstić information content (AvgIpc) is 3.31.